The zero-order valence-electron chi connectivity index (χ0n) is 17.0. The van der Waals surface area contributed by atoms with Gasteiger partial charge in [-0.1, -0.05) is 36.0 Å². The highest BCUT2D eigenvalue weighted by Gasteiger charge is 2.24. The minimum Gasteiger partial charge on any atom is -0.416 e. The molecule has 160 valence electrons. The summed E-state index contributed by atoms with van der Waals surface area (Å²) in [6, 6.07) is 7.87. The molecule has 0 bridgehead atoms. The molecule has 0 fully saturated rings. The second-order valence-corrected chi connectivity index (χ2v) is 8.02. The Kier molecular flexibility index (Phi) is 5.90. The Bertz CT molecular complexity index is 1260. The summed E-state index contributed by atoms with van der Waals surface area (Å²) in [6.45, 7) is 5.98. The predicted molar refractivity (Wildman–Crippen MR) is 117 cm³/mol. The van der Waals surface area contributed by atoms with E-state index in [0.29, 0.717) is 17.8 Å². The lowest BCUT2D eigenvalue weighted by Gasteiger charge is -2.16. The molecule has 1 aromatic carbocycles. The fraction of sp³-hybridized carbons (Fsp3) is 0.286. The summed E-state index contributed by atoms with van der Waals surface area (Å²) in [5.74, 6) is 0.372. The second-order valence-electron chi connectivity index (χ2n) is 7.09. The summed E-state index contributed by atoms with van der Waals surface area (Å²) in [7, 11) is 0. The van der Waals surface area contributed by atoms with Crippen LogP contribution in [0.25, 0.3) is 0 Å². The molecule has 0 unspecified atom stereocenters. The maximum Gasteiger partial charge on any atom is 0.328 e. The van der Waals surface area contributed by atoms with E-state index in [1.54, 1.807) is 11.8 Å². The molecule has 0 spiro atoms. The van der Waals surface area contributed by atoms with Crippen LogP contribution in [0.5, 0.6) is 0 Å². The van der Waals surface area contributed by atoms with E-state index in [0.717, 1.165) is 28.4 Å². The number of nitrogens with zero attached hydrogens (tertiary/aromatic N) is 4. The third-order valence-electron chi connectivity index (χ3n) is 5.09. The van der Waals surface area contributed by atoms with Crippen molar-refractivity contribution in [2.24, 2.45) is 0 Å². The van der Waals surface area contributed by atoms with Crippen molar-refractivity contribution in [3.63, 3.8) is 0 Å². The summed E-state index contributed by atoms with van der Waals surface area (Å²) in [4.78, 5) is 41.6. The van der Waals surface area contributed by atoms with Gasteiger partial charge in [0.25, 0.3) is 10.8 Å². The number of allylic oxidation sites excluding steroid dienone is 1. The van der Waals surface area contributed by atoms with Gasteiger partial charge in [0.15, 0.2) is 0 Å². The fourth-order valence-corrected chi connectivity index (χ4v) is 4.20. The van der Waals surface area contributed by atoms with E-state index in [4.69, 9.17) is 4.42 Å². The molecule has 0 aliphatic carbocycles. The molecule has 0 saturated carbocycles. The van der Waals surface area contributed by atoms with Crippen LogP contribution in [0.4, 0.5) is 5.69 Å². The van der Waals surface area contributed by atoms with Crippen molar-refractivity contribution in [1.82, 2.24) is 19.7 Å². The highest BCUT2D eigenvalue weighted by Crippen LogP contribution is 2.28. The van der Waals surface area contributed by atoms with Gasteiger partial charge in [0.05, 0.1) is 12.2 Å². The van der Waals surface area contributed by atoms with Crippen LogP contribution in [0.3, 0.4) is 0 Å². The number of aromatic amines is 1. The van der Waals surface area contributed by atoms with E-state index in [9.17, 15) is 14.4 Å². The Morgan fingerprint density at radius 2 is 2.13 bits per heavy atom. The number of carbonyl (C=O) groups is 1. The highest BCUT2D eigenvalue weighted by atomic mass is 32.2. The van der Waals surface area contributed by atoms with Crippen molar-refractivity contribution < 1.29 is 9.21 Å². The Hall–Kier alpha value is -3.40. The van der Waals surface area contributed by atoms with Gasteiger partial charge < -0.3 is 14.3 Å². The van der Waals surface area contributed by atoms with Crippen molar-refractivity contribution >= 4 is 23.4 Å². The van der Waals surface area contributed by atoms with Crippen LogP contribution in [0.15, 0.2) is 56.1 Å². The van der Waals surface area contributed by atoms with E-state index >= 15 is 0 Å². The lowest BCUT2D eigenvalue weighted by molar-refractivity contribution is -0.116. The maximum absolute atomic E-state index is 12.6. The molecule has 31 heavy (non-hydrogen) atoms. The number of benzene rings is 1. The van der Waals surface area contributed by atoms with Gasteiger partial charge in [-0.25, -0.2) is 4.79 Å². The van der Waals surface area contributed by atoms with Gasteiger partial charge in [0, 0.05) is 30.0 Å². The Labute approximate surface area is 181 Å². The molecule has 9 nitrogen and oxygen atoms in total. The van der Waals surface area contributed by atoms with E-state index < -0.39 is 11.2 Å². The summed E-state index contributed by atoms with van der Waals surface area (Å²) >= 11 is 1.16. The van der Waals surface area contributed by atoms with Crippen molar-refractivity contribution in [2.75, 3.05) is 17.2 Å². The van der Waals surface area contributed by atoms with Gasteiger partial charge in [0.2, 0.25) is 11.8 Å². The number of fused-ring (bicyclic) bond motifs is 1. The summed E-state index contributed by atoms with van der Waals surface area (Å²) in [6.07, 6.45) is 2.41. The van der Waals surface area contributed by atoms with Crippen molar-refractivity contribution in [1.29, 1.82) is 0 Å². The minimum absolute atomic E-state index is 0.0292. The number of thioether (sulfide) groups is 1. The zero-order chi connectivity index (χ0) is 22.0. The standard InChI is InChI=1S/C21H21N5O4S/c1-3-9-26-19(28)15(13(2)22-20(26)29)11-17-23-24-21(30-17)31-12-18(27)25-10-8-14-6-4-5-7-16(14)25/h3-7H,1,8-12H2,2H3,(H,22,29). The molecule has 0 saturated heterocycles. The van der Waals surface area contributed by atoms with Gasteiger partial charge in [-0.15, -0.1) is 16.8 Å². The van der Waals surface area contributed by atoms with Crippen LogP contribution >= 0.6 is 11.8 Å². The first-order chi connectivity index (χ1) is 15.0. The molecule has 10 heteroatoms. The Morgan fingerprint density at radius 3 is 2.94 bits per heavy atom. The van der Waals surface area contributed by atoms with Crippen LogP contribution in [0, 0.1) is 6.92 Å². The average molecular weight is 439 g/mol. The highest BCUT2D eigenvalue weighted by molar-refractivity contribution is 7.99. The number of aryl methyl sites for hydroxylation is 1. The van der Waals surface area contributed by atoms with E-state index in [1.165, 1.54) is 11.6 Å². The van der Waals surface area contributed by atoms with Gasteiger partial charge in [-0.05, 0) is 25.0 Å². The Morgan fingerprint density at radius 1 is 1.32 bits per heavy atom. The molecule has 4 rings (SSSR count). The Balaban J connectivity index is 1.43. The van der Waals surface area contributed by atoms with Crippen LogP contribution in [0.1, 0.15) is 22.7 Å². The van der Waals surface area contributed by atoms with Crippen molar-refractivity contribution in [2.45, 2.75) is 31.5 Å². The third kappa shape index (κ3) is 4.24. The molecular weight excluding hydrogens is 418 g/mol. The van der Waals surface area contributed by atoms with Crippen molar-refractivity contribution in [3.05, 3.63) is 80.5 Å². The molecule has 0 atom stereocenters. The van der Waals surface area contributed by atoms with Crippen LogP contribution in [0.2, 0.25) is 0 Å². The first kappa shape index (κ1) is 20.9. The molecule has 1 amide bonds. The number of hydrogen-bond acceptors (Lipinski definition) is 7. The number of hydrogen-bond donors (Lipinski definition) is 1. The number of carbonyl (C=O) groups excluding carboxylic acids is 1. The summed E-state index contributed by atoms with van der Waals surface area (Å²) < 4.78 is 6.68. The topological polar surface area (TPSA) is 114 Å². The third-order valence-corrected chi connectivity index (χ3v) is 5.89. The lowest BCUT2D eigenvalue weighted by Crippen LogP contribution is -2.37. The van der Waals surface area contributed by atoms with Gasteiger partial charge in [-0.3, -0.25) is 14.2 Å². The van der Waals surface area contributed by atoms with Crippen molar-refractivity contribution in [3.8, 4) is 0 Å². The van der Waals surface area contributed by atoms with Gasteiger partial charge in [0.1, 0.15) is 0 Å². The molecule has 1 aliphatic heterocycles. The first-order valence-corrected chi connectivity index (χ1v) is 10.7. The predicted octanol–water partition coefficient (Wildman–Crippen LogP) is 1.69. The van der Waals surface area contributed by atoms with Gasteiger partial charge >= 0.3 is 5.69 Å². The SMILES string of the molecule is C=CCn1c(=O)[nH]c(C)c(Cc2nnc(SCC(=O)N3CCc4ccccc43)o2)c1=O. The lowest BCUT2D eigenvalue weighted by atomic mass is 10.1. The van der Waals surface area contributed by atoms with E-state index in [1.807, 2.05) is 24.3 Å². The van der Waals surface area contributed by atoms with Crippen LogP contribution in [-0.2, 0) is 24.2 Å². The zero-order valence-corrected chi connectivity index (χ0v) is 17.8. The van der Waals surface area contributed by atoms with E-state index in [2.05, 4.69) is 21.8 Å². The smallest absolute Gasteiger partial charge is 0.328 e. The first-order valence-electron chi connectivity index (χ1n) is 9.75. The number of H-pyrrole nitrogens is 1. The number of anilines is 1. The quantitative estimate of drug-likeness (QED) is 0.440. The minimum atomic E-state index is -0.491. The molecule has 1 aliphatic rings. The molecule has 2 aromatic heterocycles. The second kappa shape index (κ2) is 8.76. The monoisotopic (exact) mass is 439 g/mol. The average Bonchev–Trinajstić information content (AvgIpc) is 3.39. The largest absolute Gasteiger partial charge is 0.416 e. The molecule has 1 N–H and O–H groups in total. The fourth-order valence-electron chi connectivity index (χ4n) is 3.54. The maximum atomic E-state index is 12.6. The number of amides is 1. The van der Waals surface area contributed by atoms with E-state index in [-0.39, 0.29) is 35.7 Å². The normalized spacial score (nSPS) is 12.7. The molecule has 0 radical (unpaired) electrons. The number of para-hydroxylation sites is 1. The number of aromatic nitrogens is 4. The van der Waals surface area contributed by atoms with Crippen LogP contribution in [-0.4, -0.2) is 38.0 Å². The molecular formula is C21H21N5O4S. The summed E-state index contributed by atoms with van der Waals surface area (Å²) in [5.41, 5.74) is 2.02. The number of rotatable bonds is 7. The van der Waals surface area contributed by atoms with Gasteiger partial charge in [-0.2, -0.15) is 0 Å². The summed E-state index contributed by atoms with van der Waals surface area (Å²) in [5, 5.41) is 8.20. The molecule has 3 heterocycles. The molecule has 3 aromatic rings. The number of nitrogens with one attached hydrogen (secondary N) is 1. The van der Waals surface area contributed by atoms with Crippen LogP contribution < -0.4 is 16.1 Å².